The Labute approximate surface area is 162 Å². The first-order chi connectivity index (χ1) is 12.5. The van der Waals surface area contributed by atoms with E-state index in [9.17, 15) is 4.79 Å². The van der Waals surface area contributed by atoms with E-state index in [1.807, 2.05) is 4.90 Å². The molecule has 1 aliphatic rings. The van der Waals surface area contributed by atoms with Crippen LogP contribution in [-0.4, -0.2) is 39.8 Å². The summed E-state index contributed by atoms with van der Waals surface area (Å²) in [5, 5.41) is 8.94. The number of carbonyl (C=O) groups excluding carboxylic acids is 1. The molecule has 0 bridgehead atoms. The van der Waals surface area contributed by atoms with Gasteiger partial charge in [0, 0.05) is 18.1 Å². The minimum Gasteiger partial charge on any atom is -0.484 e. The lowest BCUT2D eigenvalue weighted by atomic mass is 9.92. The molecule has 0 radical (unpaired) electrons. The summed E-state index contributed by atoms with van der Waals surface area (Å²) in [6, 6.07) is 7.04. The Morgan fingerprint density at radius 2 is 1.96 bits per heavy atom. The minimum atomic E-state index is 0.116. The number of hydrogen-bond acceptors (Lipinski definition) is 6. The van der Waals surface area contributed by atoms with Crippen molar-refractivity contribution in [2.45, 2.75) is 32.1 Å². The fraction of sp³-hybridized carbons (Fsp3) is 0.500. The maximum Gasteiger partial charge on any atom is 0.277 e. The SMILES string of the molecule is C[C@@H]1C[C@@H](C)CN(C(=O)CSc2nnc(COc3ccc(Cl)cc3)o2)C1. The number of likely N-dealkylation sites (tertiary alicyclic amines) is 1. The molecule has 26 heavy (non-hydrogen) atoms. The number of piperidine rings is 1. The topological polar surface area (TPSA) is 68.5 Å². The second-order valence-corrected chi connectivity index (χ2v) is 8.10. The van der Waals surface area contributed by atoms with Crippen molar-refractivity contribution >= 4 is 29.3 Å². The zero-order valence-corrected chi connectivity index (χ0v) is 16.4. The van der Waals surface area contributed by atoms with Crippen LogP contribution in [0.4, 0.5) is 0 Å². The Hall–Kier alpha value is -1.73. The van der Waals surface area contributed by atoms with E-state index in [-0.39, 0.29) is 12.5 Å². The van der Waals surface area contributed by atoms with Crippen LogP contribution < -0.4 is 4.74 Å². The minimum absolute atomic E-state index is 0.116. The number of ether oxygens (including phenoxy) is 1. The molecule has 2 heterocycles. The monoisotopic (exact) mass is 395 g/mol. The second-order valence-electron chi connectivity index (χ2n) is 6.74. The summed E-state index contributed by atoms with van der Waals surface area (Å²) in [5.41, 5.74) is 0. The first kappa shape index (κ1) is 19.0. The van der Waals surface area contributed by atoms with Crippen LogP contribution in [0.15, 0.2) is 33.9 Å². The van der Waals surface area contributed by atoms with E-state index >= 15 is 0 Å². The van der Waals surface area contributed by atoms with Crippen LogP contribution in [0.25, 0.3) is 0 Å². The van der Waals surface area contributed by atoms with Gasteiger partial charge in [-0.2, -0.15) is 0 Å². The highest BCUT2D eigenvalue weighted by Gasteiger charge is 2.25. The molecule has 2 aromatic rings. The molecule has 3 rings (SSSR count). The molecule has 140 valence electrons. The summed E-state index contributed by atoms with van der Waals surface area (Å²) in [5.74, 6) is 2.56. The molecule has 6 nitrogen and oxygen atoms in total. The molecular weight excluding hydrogens is 374 g/mol. The van der Waals surface area contributed by atoms with Crippen LogP contribution in [0.2, 0.25) is 5.02 Å². The molecule has 0 spiro atoms. The smallest absolute Gasteiger partial charge is 0.277 e. The summed E-state index contributed by atoms with van der Waals surface area (Å²) < 4.78 is 11.1. The van der Waals surface area contributed by atoms with Crippen molar-refractivity contribution in [1.82, 2.24) is 15.1 Å². The first-order valence-electron chi connectivity index (χ1n) is 8.61. The summed E-state index contributed by atoms with van der Waals surface area (Å²) >= 11 is 7.10. The molecule has 1 saturated heterocycles. The fourth-order valence-electron chi connectivity index (χ4n) is 3.11. The number of amides is 1. The Bertz CT molecular complexity index is 728. The highest BCUT2D eigenvalue weighted by Crippen LogP contribution is 2.23. The van der Waals surface area contributed by atoms with Gasteiger partial charge in [-0.05, 0) is 42.5 Å². The number of aromatic nitrogens is 2. The van der Waals surface area contributed by atoms with Crippen molar-refractivity contribution in [2.75, 3.05) is 18.8 Å². The molecule has 0 saturated carbocycles. The van der Waals surface area contributed by atoms with Gasteiger partial charge in [-0.15, -0.1) is 10.2 Å². The van der Waals surface area contributed by atoms with Gasteiger partial charge in [0.2, 0.25) is 5.91 Å². The van der Waals surface area contributed by atoms with Gasteiger partial charge in [0.15, 0.2) is 6.61 Å². The fourth-order valence-corrected chi connectivity index (χ4v) is 3.92. The Morgan fingerprint density at radius 1 is 1.27 bits per heavy atom. The van der Waals surface area contributed by atoms with Gasteiger partial charge in [0.25, 0.3) is 11.1 Å². The Morgan fingerprint density at radius 3 is 2.65 bits per heavy atom. The number of hydrogen-bond donors (Lipinski definition) is 0. The summed E-state index contributed by atoms with van der Waals surface area (Å²) in [6.07, 6.45) is 1.18. The average Bonchev–Trinajstić information content (AvgIpc) is 3.06. The van der Waals surface area contributed by atoms with Gasteiger partial charge in [0.05, 0.1) is 5.75 Å². The molecule has 0 N–H and O–H groups in total. The number of benzene rings is 1. The van der Waals surface area contributed by atoms with E-state index in [0.717, 1.165) is 13.1 Å². The van der Waals surface area contributed by atoms with Crippen LogP contribution in [0.5, 0.6) is 5.75 Å². The van der Waals surface area contributed by atoms with Crippen molar-refractivity contribution in [2.24, 2.45) is 11.8 Å². The van der Waals surface area contributed by atoms with E-state index in [4.69, 9.17) is 20.8 Å². The highest BCUT2D eigenvalue weighted by atomic mass is 35.5. The normalized spacial score (nSPS) is 20.2. The van der Waals surface area contributed by atoms with Gasteiger partial charge >= 0.3 is 0 Å². The quantitative estimate of drug-likeness (QED) is 0.691. The van der Waals surface area contributed by atoms with Gasteiger partial charge in [-0.1, -0.05) is 37.2 Å². The molecule has 0 aliphatic carbocycles. The van der Waals surface area contributed by atoms with Gasteiger partial charge in [0.1, 0.15) is 5.75 Å². The third-order valence-corrected chi connectivity index (χ3v) is 5.22. The van der Waals surface area contributed by atoms with Crippen molar-refractivity contribution in [3.05, 3.63) is 35.2 Å². The van der Waals surface area contributed by atoms with Crippen molar-refractivity contribution < 1.29 is 13.9 Å². The van der Waals surface area contributed by atoms with Crippen LogP contribution in [0.1, 0.15) is 26.2 Å². The van der Waals surface area contributed by atoms with Crippen molar-refractivity contribution in [1.29, 1.82) is 0 Å². The van der Waals surface area contributed by atoms with E-state index in [2.05, 4.69) is 24.0 Å². The summed E-state index contributed by atoms with van der Waals surface area (Å²) in [7, 11) is 0. The van der Waals surface area contributed by atoms with Crippen molar-refractivity contribution in [3.8, 4) is 5.75 Å². The Kier molecular flexibility index (Phi) is 6.43. The predicted molar refractivity (Wildman–Crippen MR) is 100 cm³/mol. The third kappa shape index (κ3) is 5.38. The van der Waals surface area contributed by atoms with E-state index in [1.54, 1.807) is 24.3 Å². The Balaban J connectivity index is 1.46. The molecule has 1 amide bonds. The molecule has 8 heteroatoms. The largest absolute Gasteiger partial charge is 0.484 e. The zero-order valence-electron chi connectivity index (χ0n) is 14.9. The molecule has 1 aliphatic heterocycles. The lowest BCUT2D eigenvalue weighted by molar-refractivity contribution is -0.130. The van der Waals surface area contributed by atoms with Gasteiger partial charge in [-0.25, -0.2) is 0 Å². The summed E-state index contributed by atoms with van der Waals surface area (Å²) in [6.45, 7) is 6.20. The third-order valence-electron chi connectivity index (χ3n) is 4.16. The zero-order chi connectivity index (χ0) is 18.5. The molecule has 1 aromatic heterocycles. The highest BCUT2D eigenvalue weighted by molar-refractivity contribution is 7.99. The van der Waals surface area contributed by atoms with Crippen LogP contribution in [-0.2, 0) is 11.4 Å². The maximum absolute atomic E-state index is 12.4. The standard InChI is InChI=1S/C18H22ClN3O3S/c1-12-7-13(2)9-22(8-12)17(23)11-26-18-21-20-16(25-18)10-24-15-5-3-14(19)4-6-15/h3-6,12-13H,7-11H2,1-2H3/t12-,13-/m1/s1. The van der Waals surface area contributed by atoms with Crippen molar-refractivity contribution in [3.63, 3.8) is 0 Å². The second kappa shape index (κ2) is 8.77. The number of halogens is 1. The van der Waals surface area contributed by atoms with Crippen LogP contribution >= 0.6 is 23.4 Å². The van der Waals surface area contributed by atoms with Gasteiger partial charge < -0.3 is 14.1 Å². The number of carbonyl (C=O) groups is 1. The van der Waals surface area contributed by atoms with Gasteiger partial charge in [-0.3, -0.25) is 4.79 Å². The molecule has 1 fully saturated rings. The number of thioether (sulfide) groups is 1. The van der Waals surface area contributed by atoms with Crippen LogP contribution in [0, 0.1) is 11.8 Å². The molecule has 0 unspecified atom stereocenters. The predicted octanol–water partition coefficient (Wildman–Crippen LogP) is 3.90. The molecule has 2 atom stereocenters. The van der Waals surface area contributed by atoms with E-state index in [0.29, 0.717) is 39.5 Å². The number of rotatable bonds is 6. The lowest BCUT2D eigenvalue weighted by Crippen LogP contribution is -2.43. The molecule has 1 aromatic carbocycles. The van der Waals surface area contributed by atoms with E-state index in [1.165, 1.54) is 18.2 Å². The van der Waals surface area contributed by atoms with Crippen LogP contribution in [0.3, 0.4) is 0 Å². The molecular formula is C18H22ClN3O3S. The maximum atomic E-state index is 12.4. The number of nitrogens with zero attached hydrogens (tertiary/aromatic N) is 3. The lowest BCUT2D eigenvalue weighted by Gasteiger charge is -2.34. The van der Waals surface area contributed by atoms with E-state index < -0.39 is 0 Å². The summed E-state index contributed by atoms with van der Waals surface area (Å²) in [4.78, 5) is 14.3. The first-order valence-corrected chi connectivity index (χ1v) is 9.97. The average molecular weight is 396 g/mol.